The van der Waals surface area contributed by atoms with Crippen molar-refractivity contribution in [3.63, 3.8) is 0 Å². The van der Waals surface area contributed by atoms with Crippen LogP contribution >= 0.6 is 0 Å². The van der Waals surface area contributed by atoms with Crippen LogP contribution in [0.25, 0.3) is 0 Å². The molecule has 2 aromatic carbocycles. The molecule has 0 aliphatic carbocycles. The van der Waals surface area contributed by atoms with E-state index in [4.69, 9.17) is 4.74 Å². The van der Waals surface area contributed by atoms with E-state index in [1.54, 1.807) is 24.3 Å². The number of sulfonamides is 1. The van der Waals surface area contributed by atoms with Crippen LogP contribution in [0.3, 0.4) is 0 Å². The van der Waals surface area contributed by atoms with Gasteiger partial charge in [-0.05, 0) is 62.6 Å². The Balaban J connectivity index is 2.12. The Morgan fingerprint density at radius 3 is 2.34 bits per heavy atom. The Morgan fingerprint density at radius 2 is 1.79 bits per heavy atom. The molecule has 0 heterocycles. The predicted octanol–water partition coefficient (Wildman–Crippen LogP) is 3.74. The molecule has 0 saturated carbocycles. The molecule has 0 bridgehead atoms. The van der Waals surface area contributed by atoms with Crippen molar-refractivity contribution in [2.75, 3.05) is 23.7 Å². The molecule has 0 saturated heterocycles. The van der Waals surface area contributed by atoms with Crippen LogP contribution in [0.4, 0.5) is 5.69 Å². The van der Waals surface area contributed by atoms with E-state index in [2.05, 4.69) is 11.4 Å². The fraction of sp³-hybridized carbons (Fsp3) is 0.409. The van der Waals surface area contributed by atoms with Crippen molar-refractivity contribution >= 4 is 21.6 Å². The Kier molecular flexibility index (Phi) is 7.67. The zero-order valence-corrected chi connectivity index (χ0v) is 18.5. The van der Waals surface area contributed by atoms with Gasteiger partial charge in [-0.3, -0.25) is 9.10 Å². The highest BCUT2D eigenvalue weighted by Gasteiger charge is 2.22. The topological polar surface area (TPSA) is 75.7 Å². The Bertz CT molecular complexity index is 940. The van der Waals surface area contributed by atoms with Crippen molar-refractivity contribution in [2.24, 2.45) is 0 Å². The molecule has 6 nitrogen and oxygen atoms in total. The molecule has 0 aliphatic heterocycles. The lowest BCUT2D eigenvalue weighted by Gasteiger charge is -2.24. The van der Waals surface area contributed by atoms with Crippen molar-refractivity contribution in [3.05, 3.63) is 59.2 Å². The summed E-state index contributed by atoms with van der Waals surface area (Å²) in [5.41, 5.74) is 3.66. The van der Waals surface area contributed by atoms with Gasteiger partial charge in [0.1, 0.15) is 12.3 Å². The molecule has 1 atom stereocenters. The number of nitrogens with zero attached hydrogens (tertiary/aromatic N) is 1. The molecule has 158 valence electrons. The van der Waals surface area contributed by atoms with Crippen molar-refractivity contribution in [1.29, 1.82) is 0 Å². The fourth-order valence-electron chi connectivity index (χ4n) is 3.14. The second kappa shape index (κ2) is 9.78. The van der Waals surface area contributed by atoms with Crippen LogP contribution in [0.5, 0.6) is 5.75 Å². The number of nitrogens with one attached hydrogen (secondary N) is 1. The Morgan fingerprint density at radius 1 is 1.14 bits per heavy atom. The highest BCUT2D eigenvalue weighted by molar-refractivity contribution is 7.92. The monoisotopic (exact) mass is 418 g/mol. The van der Waals surface area contributed by atoms with E-state index in [9.17, 15) is 13.2 Å². The van der Waals surface area contributed by atoms with Crippen LogP contribution in [0.2, 0.25) is 0 Å². The molecular formula is C22H30N2O4S. The zero-order chi connectivity index (χ0) is 21.6. The van der Waals surface area contributed by atoms with Crippen LogP contribution in [-0.2, 0) is 14.8 Å². The molecule has 1 unspecified atom stereocenters. The quantitative estimate of drug-likeness (QED) is 0.673. The number of hydrogen-bond acceptors (Lipinski definition) is 4. The molecule has 2 rings (SSSR count). The molecular weight excluding hydrogens is 388 g/mol. The number of benzene rings is 2. The summed E-state index contributed by atoms with van der Waals surface area (Å²) in [6.45, 7) is 8.22. The summed E-state index contributed by atoms with van der Waals surface area (Å²) in [4.78, 5) is 12.6. The van der Waals surface area contributed by atoms with E-state index in [0.717, 1.165) is 33.7 Å². The lowest BCUT2D eigenvalue weighted by Crippen LogP contribution is -2.41. The minimum atomic E-state index is -3.63. The van der Waals surface area contributed by atoms with Crippen LogP contribution in [0.1, 0.15) is 43.0 Å². The van der Waals surface area contributed by atoms with Gasteiger partial charge in [0.25, 0.3) is 0 Å². The maximum atomic E-state index is 12.6. The fourth-order valence-corrected chi connectivity index (χ4v) is 3.99. The first-order valence-corrected chi connectivity index (χ1v) is 11.5. The molecule has 29 heavy (non-hydrogen) atoms. The summed E-state index contributed by atoms with van der Waals surface area (Å²) >= 11 is 0. The first-order chi connectivity index (χ1) is 13.6. The van der Waals surface area contributed by atoms with Crippen LogP contribution in [-0.4, -0.2) is 33.7 Å². The number of aryl methyl sites for hydroxylation is 2. The van der Waals surface area contributed by atoms with Gasteiger partial charge < -0.3 is 10.1 Å². The molecule has 7 heteroatoms. The second-order valence-electron chi connectivity index (χ2n) is 7.26. The predicted molar refractivity (Wildman–Crippen MR) is 117 cm³/mol. The van der Waals surface area contributed by atoms with Crippen molar-refractivity contribution in [2.45, 2.75) is 40.2 Å². The van der Waals surface area contributed by atoms with Gasteiger partial charge in [-0.2, -0.15) is 0 Å². The third-order valence-corrected chi connectivity index (χ3v) is 5.69. The van der Waals surface area contributed by atoms with Crippen molar-refractivity contribution in [3.8, 4) is 5.75 Å². The second-order valence-corrected chi connectivity index (χ2v) is 9.17. The van der Waals surface area contributed by atoms with Crippen LogP contribution in [0, 0.1) is 13.8 Å². The minimum Gasteiger partial charge on any atom is -0.494 e. The average molecular weight is 419 g/mol. The smallest absolute Gasteiger partial charge is 0.241 e. The van der Waals surface area contributed by atoms with Crippen LogP contribution in [0.15, 0.2) is 42.5 Å². The van der Waals surface area contributed by atoms with Gasteiger partial charge in [0.15, 0.2) is 0 Å². The minimum absolute atomic E-state index is 0.227. The van der Waals surface area contributed by atoms with Crippen molar-refractivity contribution in [1.82, 2.24) is 5.32 Å². The molecule has 0 radical (unpaired) electrons. The third-order valence-electron chi connectivity index (χ3n) is 4.55. The van der Waals surface area contributed by atoms with Gasteiger partial charge in [-0.1, -0.05) is 30.7 Å². The van der Waals surface area contributed by atoms with Gasteiger partial charge in [0, 0.05) is 0 Å². The van der Waals surface area contributed by atoms with Gasteiger partial charge in [0.2, 0.25) is 15.9 Å². The number of amides is 1. The average Bonchev–Trinajstić information content (AvgIpc) is 2.64. The summed E-state index contributed by atoms with van der Waals surface area (Å²) < 4.78 is 31.2. The molecule has 0 aromatic heterocycles. The number of anilines is 1. The summed E-state index contributed by atoms with van der Waals surface area (Å²) in [5, 5.41) is 2.90. The normalized spacial score (nSPS) is 12.3. The molecule has 0 fully saturated rings. The van der Waals surface area contributed by atoms with Crippen molar-refractivity contribution < 1.29 is 17.9 Å². The van der Waals surface area contributed by atoms with Crippen LogP contribution < -0.4 is 14.4 Å². The van der Waals surface area contributed by atoms with Gasteiger partial charge in [-0.25, -0.2) is 8.42 Å². The van der Waals surface area contributed by atoms with Gasteiger partial charge in [0.05, 0.1) is 24.6 Å². The van der Waals surface area contributed by atoms with E-state index in [0.29, 0.717) is 18.0 Å². The van der Waals surface area contributed by atoms with E-state index in [-0.39, 0.29) is 18.5 Å². The van der Waals surface area contributed by atoms with E-state index in [1.807, 2.05) is 39.8 Å². The molecule has 1 amide bonds. The van der Waals surface area contributed by atoms with Gasteiger partial charge in [-0.15, -0.1) is 0 Å². The maximum Gasteiger partial charge on any atom is 0.241 e. The Labute approximate surface area is 173 Å². The maximum absolute atomic E-state index is 12.6. The lowest BCUT2D eigenvalue weighted by molar-refractivity contribution is -0.120. The summed E-state index contributed by atoms with van der Waals surface area (Å²) in [7, 11) is -3.63. The third kappa shape index (κ3) is 6.49. The molecule has 0 spiro atoms. The number of carbonyl (C=O) groups excluding carboxylic acids is 1. The summed E-state index contributed by atoms with van der Waals surface area (Å²) in [6, 6.07) is 12.5. The highest BCUT2D eigenvalue weighted by atomic mass is 32.2. The highest BCUT2D eigenvalue weighted by Crippen LogP contribution is 2.22. The molecule has 2 aromatic rings. The number of rotatable bonds is 9. The van der Waals surface area contributed by atoms with E-state index < -0.39 is 10.0 Å². The first-order valence-electron chi connectivity index (χ1n) is 9.69. The summed E-state index contributed by atoms with van der Waals surface area (Å²) in [5.74, 6) is 0.297. The largest absolute Gasteiger partial charge is 0.494 e. The van der Waals surface area contributed by atoms with E-state index >= 15 is 0 Å². The zero-order valence-electron chi connectivity index (χ0n) is 17.7. The van der Waals surface area contributed by atoms with E-state index in [1.165, 1.54) is 0 Å². The summed E-state index contributed by atoms with van der Waals surface area (Å²) in [6.07, 6.45) is 1.98. The molecule has 0 aliphatic rings. The lowest BCUT2D eigenvalue weighted by atomic mass is 10.0. The number of carbonyl (C=O) groups is 1. The number of ether oxygens (including phenoxy) is 1. The molecule has 1 N–H and O–H groups in total. The first kappa shape index (κ1) is 22.7. The Hall–Kier alpha value is -2.54. The standard InChI is InChI=1S/C22H30N2O4S/c1-6-13-28-20-10-8-19(9-11-20)24(29(5,26)27)15-22(25)23-18(4)21-12-7-16(2)14-17(21)3/h7-12,14,18H,6,13,15H2,1-5H3,(H,23,25). The number of hydrogen-bond donors (Lipinski definition) is 1. The SMILES string of the molecule is CCCOc1ccc(N(CC(=O)NC(C)c2ccc(C)cc2C)S(C)(=O)=O)cc1. The van der Waals surface area contributed by atoms with Gasteiger partial charge >= 0.3 is 0 Å².